The van der Waals surface area contributed by atoms with Crippen LogP contribution in [0.1, 0.15) is 58.3 Å². The zero-order chi connectivity index (χ0) is 13.0. The molecule has 4 nitrogen and oxygen atoms in total. The van der Waals surface area contributed by atoms with Crippen molar-refractivity contribution in [3.05, 3.63) is 0 Å². The van der Waals surface area contributed by atoms with E-state index >= 15 is 0 Å². The van der Waals surface area contributed by atoms with Crippen molar-refractivity contribution in [3.8, 4) is 0 Å². The highest BCUT2D eigenvalue weighted by atomic mass is 16.3. The van der Waals surface area contributed by atoms with Crippen LogP contribution in [0.2, 0.25) is 0 Å². The zero-order valence-corrected chi connectivity index (χ0v) is 11.4. The van der Waals surface area contributed by atoms with E-state index in [0.29, 0.717) is 12.1 Å². The van der Waals surface area contributed by atoms with Crippen LogP contribution in [0.3, 0.4) is 0 Å². The molecule has 0 aliphatic heterocycles. The predicted octanol–water partition coefficient (Wildman–Crippen LogP) is 2.26. The smallest absolute Gasteiger partial charge is 0.318 e. The van der Waals surface area contributed by atoms with Gasteiger partial charge in [-0.2, -0.15) is 0 Å². The third kappa shape index (κ3) is 3.61. The predicted molar refractivity (Wildman–Crippen MR) is 71.4 cm³/mol. The van der Waals surface area contributed by atoms with Crippen LogP contribution in [0.5, 0.6) is 0 Å². The van der Waals surface area contributed by atoms with Gasteiger partial charge in [0.05, 0.1) is 0 Å². The van der Waals surface area contributed by atoms with Gasteiger partial charge < -0.3 is 15.3 Å². The Kier molecular flexibility index (Phi) is 4.87. The van der Waals surface area contributed by atoms with Crippen LogP contribution in [0.15, 0.2) is 0 Å². The summed E-state index contributed by atoms with van der Waals surface area (Å²) in [5.41, 5.74) is 0. The second-order valence-electron chi connectivity index (χ2n) is 5.79. The normalized spacial score (nSPS) is 21.9. The van der Waals surface area contributed by atoms with Crippen molar-refractivity contribution in [1.29, 1.82) is 0 Å². The fraction of sp³-hybridized carbons (Fsp3) is 0.929. The summed E-state index contributed by atoms with van der Waals surface area (Å²) in [7, 11) is 0. The van der Waals surface area contributed by atoms with Crippen molar-refractivity contribution in [3.63, 3.8) is 0 Å². The summed E-state index contributed by atoms with van der Waals surface area (Å²) in [5.74, 6) is 0. The van der Waals surface area contributed by atoms with Crippen LogP contribution in [0.25, 0.3) is 0 Å². The Morgan fingerprint density at radius 3 is 2.44 bits per heavy atom. The molecule has 104 valence electrons. The Labute approximate surface area is 110 Å². The lowest BCUT2D eigenvalue weighted by atomic mass is 10.2. The first-order chi connectivity index (χ1) is 8.72. The summed E-state index contributed by atoms with van der Waals surface area (Å²) in [4.78, 5) is 14.5. The first-order valence-electron chi connectivity index (χ1n) is 7.42. The first kappa shape index (κ1) is 13.7. The van der Waals surface area contributed by atoms with Crippen LogP contribution in [-0.4, -0.2) is 40.8 Å². The van der Waals surface area contributed by atoms with Crippen molar-refractivity contribution < 1.29 is 9.90 Å². The van der Waals surface area contributed by atoms with Crippen molar-refractivity contribution >= 4 is 6.03 Å². The Bertz CT molecular complexity index is 273. The number of nitrogens with zero attached hydrogens (tertiary/aromatic N) is 1. The molecule has 2 amide bonds. The fourth-order valence-electron chi connectivity index (χ4n) is 2.92. The summed E-state index contributed by atoms with van der Waals surface area (Å²) in [6.45, 7) is 2.22. The molecule has 0 radical (unpaired) electrons. The molecule has 1 atom stereocenters. The largest absolute Gasteiger partial charge is 0.396 e. The summed E-state index contributed by atoms with van der Waals surface area (Å²) in [6.07, 6.45) is 8.84. The van der Waals surface area contributed by atoms with Gasteiger partial charge in [0.15, 0.2) is 0 Å². The van der Waals surface area contributed by atoms with Crippen LogP contribution in [-0.2, 0) is 0 Å². The molecule has 1 unspecified atom stereocenters. The maximum atomic E-state index is 12.3. The van der Waals surface area contributed by atoms with E-state index in [2.05, 4.69) is 10.2 Å². The Balaban J connectivity index is 1.83. The average molecular weight is 254 g/mol. The van der Waals surface area contributed by atoms with E-state index in [1.165, 1.54) is 38.5 Å². The second kappa shape index (κ2) is 6.41. The van der Waals surface area contributed by atoms with E-state index in [0.717, 1.165) is 12.8 Å². The van der Waals surface area contributed by atoms with E-state index < -0.39 is 0 Å². The Morgan fingerprint density at radius 1 is 1.28 bits per heavy atom. The minimum absolute atomic E-state index is 0.120. The number of amides is 2. The van der Waals surface area contributed by atoms with Crippen LogP contribution in [0, 0.1) is 0 Å². The summed E-state index contributed by atoms with van der Waals surface area (Å²) in [6, 6.07) is 1.25. The number of urea groups is 1. The molecule has 2 saturated carbocycles. The first-order valence-corrected chi connectivity index (χ1v) is 7.42. The maximum absolute atomic E-state index is 12.3. The van der Waals surface area contributed by atoms with Crippen molar-refractivity contribution in [1.82, 2.24) is 10.2 Å². The number of aliphatic hydroxyl groups is 1. The van der Waals surface area contributed by atoms with Crippen molar-refractivity contribution in [2.45, 2.75) is 76.4 Å². The molecule has 0 saturated heterocycles. The molecule has 0 aromatic carbocycles. The van der Waals surface area contributed by atoms with Gasteiger partial charge in [0, 0.05) is 24.7 Å². The molecule has 2 aliphatic rings. The molecule has 4 heteroatoms. The van der Waals surface area contributed by atoms with Crippen LogP contribution in [0.4, 0.5) is 4.79 Å². The number of nitrogens with one attached hydrogen (secondary N) is 1. The second-order valence-corrected chi connectivity index (χ2v) is 5.79. The van der Waals surface area contributed by atoms with Gasteiger partial charge in [-0.1, -0.05) is 12.8 Å². The average Bonchev–Trinajstić information content (AvgIpc) is 3.01. The van der Waals surface area contributed by atoms with E-state index in [1.54, 1.807) is 0 Å². The van der Waals surface area contributed by atoms with Gasteiger partial charge in [-0.05, 0) is 45.4 Å². The van der Waals surface area contributed by atoms with Crippen molar-refractivity contribution in [2.24, 2.45) is 0 Å². The molecule has 0 bridgehead atoms. The third-order valence-electron chi connectivity index (χ3n) is 4.06. The standard InChI is InChI=1S/C14H26N2O2/c1-11(5-4-10-17)15-14(18)16(13-8-9-13)12-6-2-3-7-12/h11-13,17H,2-10H2,1H3,(H,15,18). The van der Waals surface area contributed by atoms with Gasteiger partial charge in [0.25, 0.3) is 0 Å². The fourth-order valence-corrected chi connectivity index (χ4v) is 2.92. The van der Waals surface area contributed by atoms with E-state index in [9.17, 15) is 4.79 Å². The monoisotopic (exact) mass is 254 g/mol. The molecule has 2 aliphatic carbocycles. The summed E-state index contributed by atoms with van der Waals surface area (Å²) in [5, 5.41) is 11.9. The number of carbonyl (C=O) groups excluding carboxylic acids is 1. The van der Waals surface area contributed by atoms with E-state index in [4.69, 9.17) is 5.11 Å². The lowest BCUT2D eigenvalue weighted by molar-refractivity contribution is 0.166. The van der Waals surface area contributed by atoms with E-state index in [1.807, 2.05) is 6.92 Å². The minimum Gasteiger partial charge on any atom is -0.396 e. The van der Waals surface area contributed by atoms with Gasteiger partial charge in [0.1, 0.15) is 0 Å². The van der Waals surface area contributed by atoms with Gasteiger partial charge in [0.2, 0.25) is 0 Å². The molecule has 0 aromatic heterocycles. The zero-order valence-electron chi connectivity index (χ0n) is 11.4. The van der Waals surface area contributed by atoms with Gasteiger partial charge in [-0.3, -0.25) is 0 Å². The number of aliphatic hydroxyl groups excluding tert-OH is 1. The molecular weight excluding hydrogens is 228 g/mol. The van der Waals surface area contributed by atoms with Gasteiger partial charge in [-0.25, -0.2) is 4.79 Å². The maximum Gasteiger partial charge on any atom is 0.318 e. The quantitative estimate of drug-likeness (QED) is 0.764. The Morgan fingerprint density at radius 2 is 1.89 bits per heavy atom. The molecule has 0 spiro atoms. The van der Waals surface area contributed by atoms with Crippen LogP contribution < -0.4 is 5.32 Å². The highest BCUT2D eigenvalue weighted by Crippen LogP contribution is 2.34. The van der Waals surface area contributed by atoms with Gasteiger partial charge >= 0.3 is 6.03 Å². The van der Waals surface area contributed by atoms with Gasteiger partial charge in [-0.15, -0.1) is 0 Å². The number of hydrogen-bond acceptors (Lipinski definition) is 2. The molecule has 2 rings (SSSR count). The number of rotatable bonds is 6. The molecule has 18 heavy (non-hydrogen) atoms. The van der Waals surface area contributed by atoms with E-state index in [-0.39, 0.29) is 18.7 Å². The number of hydrogen-bond donors (Lipinski definition) is 2. The topological polar surface area (TPSA) is 52.6 Å². The third-order valence-corrected chi connectivity index (χ3v) is 4.06. The highest BCUT2D eigenvalue weighted by molar-refractivity contribution is 5.75. The highest BCUT2D eigenvalue weighted by Gasteiger charge is 2.38. The molecule has 0 heterocycles. The van der Waals surface area contributed by atoms with Crippen molar-refractivity contribution in [2.75, 3.05) is 6.61 Å². The minimum atomic E-state index is 0.120. The molecule has 2 fully saturated rings. The molecular formula is C14H26N2O2. The molecule has 2 N–H and O–H groups in total. The number of carbonyl (C=O) groups is 1. The summed E-state index contributed by atoms with van der Waals surface area (Å²) < 4.78 is 0. The van der Waals surface area contributed by atoms with Crippen LogP contribution >= 0.6 is 0 Å². The lowest BCUT2D eigenvalue weighted by Crippen LogP contribution is -2.49. The SMILES string of the molecule is CC(CCCO)NC(=O)N(C1CCCC1)C1CC1. The lowest BCUT2D eigenvalue weighted by Gasteiger charge is -2.30. The molecule has 0 aromatic rings. The summed E-state index contributed by atoms with van der Waals surface area (Å²) >= 11 is 0. The Hall–Kier alpha value is -0.770.